The molecule has 1 fully saturated rings. The third-order valence-corrected chi connectivity index (χ3v) is 8.07. The Morgan fingerprint density at radius 1 is 0.889 bits per heavy atom. The summed E-state index contributed by atoms with van der Waals surface area (Å²) in [7, 11) is 0. The van der Waals surface area contributed by atoms with E-state index < -0.39 is 0 Å². The van der Waals surface area contributed by atoms with Gasteiger partial charge in [-0.15, -0.1) is 0 Å². The summed E-state index contributed by atoms with van der Waals surface area (Å²) in [6, 6.07) is 13.4. The van der Waals surface area contributed by atoms with Crippen molar-refractivity contribution in [3.8, 4) is 11.8 Å². The maximum absolute atomic E-state index is 3.34. The highest BCUT2D eigenvalue weighted by Crippen LogP contribution is 2.37. The van der Waals surface area contributed by atoms with Crippen molar-refractivity contribution in [2.45, 2.75) is 64.7 Å². The van der Waals surface area contributed by atoms with Crippen molar-refractivity contribution in [3.63, 3.8) is 0 Å². The van der Waals surface area contributed by atoms with Crippen LogP contribution in [0, 0.1) is 31.8 Å². The first-order valence-electron chi connectivity index (χ1n) is 10.1. The maximum atomic E-state index is 3.34. The molecule has 2 heteroatoms. The third kappa shape index (κ3) is 5.97. The van der Waals surface area contributed by atoms with Gasteiger partial charge in [0.25, 0.3) is 0 Å². The molecule has 1 aliphatic carbocycles. The first-order valence-corrected chi connectivity index (χ1v) is 12.3. The van der Waals surface area contributed by atoms with Crippen LogP contribution >= 0.6 is 45.2 Å². The molecule has 0 saturated heterocycles. The number of hydrogen-bond donors (Lipinski definition) is 0. The fourth-order valence-corrected chi connectivity index (χ4v) is 5.75. The van der Waals surface area contributed by atoms with Crippen LogP contribution in [-0.2, 0) is 0 Å². The molecular formula is C25H28I2. The number of unbranched alkanes of at least 4 members (excludes halogenated alkanes) is 1. The fraction of sp³-hybridized carbons (Fsp3) is 0.440. The van der Waals surface area contributed by atoms with Crippen molar-refractivity contribution in [1.29, 1.82) is 0 Å². The molecule has 0 nitrogen and oxygen atoms in total. The number of rotatable bonds is 4. The minimum atomic E-state index is 0.755. The van der Waals surface area contributed by atoms with Crippen LogP contribution in [0.3, 0.4) is 0 Å². The molecule has 3 rings (SSSR count). The van der Waals surface area contributed by atoms with E-state index in [1.165, 1.54) is 63.2 Å². The van der Waals surface area contributed by atoms with Crippen LogP contribution in [0.25, 0.3) is 0 Å². The van der Waals surface area contributed by atoms with Crippen LogP contribution in [0.15, 0.2) is 36.4 Å². The molecule has 1 saturated carbocycles. The molecule has 0 aromatic heterocycles. The molecular weight excluding hydrogens is 554 g/mol. The van der Waals surface area contributed by atoms with E-state index in [-0.39, 0.29) is 0 Å². The summed E-state index contributed by atoms with van der Waals surface area (Å²) in [6.45, 7) is 4.47. The molecule has 142 valence electrons. The SMILES string of the molecule is CCCCC1CCC(c2ccc(C#Cc3cc(I)c(C)c(I)c3)cc2)CC1. The van der Waals surface area contributed by atoms with Crippen molar-refractivity contribution < 1.29 is 0 Å². The van der Waals surface area contributed by atoms with Gasteiger partial charge in [-0.2, -0.15) is 0 Å². The quantitative estimate of drug-likeness (QED) is 0.253. The summed E-state index contributed by atoms with van der Waals surface area (Å²) in [4.78, 5) is 0. The van der Waals surface area contributed by atoms with E-state index in [0.29, 0.717) is 0 Å². The Morgan fingerprint density at radius 2 is 1.48 bits per heavy atom. The number of halogens is 2. The Labute approximate surface area is 192 Å². The zero-order valence-electron chi connectivity index (χ0n) is 16.3. The Hall–Kier alpha value is -0.540. The zero-order chi connectivity index (χ0) is 19.2. The summed E-state index contributed by atoms with van der Waals surface area (Å²) in [5, 5.41) is 0. The molecule has 0 N–H and O–H groups in total. The maximum Gasteiger partial charge on any atom is 0.0270 e. The molecule has 0 spiro atoms. The molecule has 0 radical (unpaired) electrons. The van der Waals surface area contributed by atoms with Gasteiger partial charge >= 0.3 is 0 Å². The Kier molecular flexibility index (Phi) is 8.08. The third-order valence-electron chi connectivity index (χ3n) is 5.83. The van der Waals surface area contributed by atoms with Crippen LogP contribution in [-0.4, -0.2) is 0 Å². The van der Waals surface area contributed by atoms with Gasteiger partial charge in [-0.25, -0.2) is 0 Å². The minimum absolute atomic E-state index is 0.755. The molecule has 2 aromatic rings. The van der Waals surface area contributed by atoms with Gasteiger partial charge in [0.15, 0.2) is 0 Å². The van der Waals surface area contributed by atoms with Crippen molar-refractivity contribution in [2.24, 2.45) is 5.92 Å². The molecule has 0 aliphatic heterocycles. The van der Waals surface area contributed by atoms with Gasteiger partial charge in [-0.3, -0.25) is 0 Å². The predicted molar refractivity (Wildman–Crippen MR) is 133 cm³/mol. The lowest BCUT2D eigenvalue weighted by atomic mass is 9.77. The second-order valence-electron chi connectivity index (χ2n) is 7.80. The summed E-state index contributed by atoms with van der Waals surface area (Å²) in [6.07, 6.45) is 9.73. The van der Waals surface area contributed by atoms with Crippen LogP contribution < -0.4 is 0 Å². The molecule has 2 aromatic carbocycles. The molecule has 27 heavy (non-hydrogen) atoms. The first-order chi connectivity index (χ1) is 13.1. The summed E-state index contributed by atoms with van der Waals surface area (Å²) < 4.78 is 2.57. The zero-order valence-corrected chi connectivity index (χ0v) is 20.6. The van der Waals surface area contributed by atoms with E-state index in [4.69, 9.17) is 0 Å². The lowest BCUT2D eigenvalue weighted by molar-refractivity contribution is 0.304. The van der Waals surface area contributed by atoms with Crippen LogP contribution in [0.2, 0.25) is 0 Å². The topological polar surface area (TPSA) is 0 Å². The Balaban J connectivity index is 1.62. The molecule has 0 atom stereocenters. The molecule has 0 bridgehead atoms. The Morgan fingerprint density at radius 3 is 2.07 bits per heavy atom. The second-order valence-corrected chi connectivity index (χ2v) is 10.1. The van der Waals surface area contributed by atoms with Gasteiger partial charge in [-0.1, -0.05) is 50.2 Å². The van der Waals surface area contributed by atoms with Crippen molar-refractivity contribution >= 4 is 45.2 Å². The monoisotopic (exact) mass is 582 g/mol. The average Bonchev–Trinajstić information content (AvgIpc) is 2.69. The normalized spacial score (nSPS) is 19.4. The smallest absolute Gasteiger partial charge is 0.0270 e. The van der Waals surface area contributed by atoms with Gasteiger partial charge < -0.3 is 0 Å². The highest BCUT2D eigenvalue weighted by molar-refractivity contribution is 14.1. The van der Waals surface area contributed by atoms with Gasteiger partial charge in [-0.05, 0) is 125 Å². The van der Waals surface area contributed by atoms with Gasteiger partial charge in [0.2, 0.25) is 0 Å². The summed E-state index contributed by atoms with van der Waals surface area (Å²) in [5.41, 5.74) is 5.06. The van der Waals surface area contributed by atoms with Crippen LogP contribution in [0.4, 0.5) is 0 Å². The molecule has 1 aliphatic rings. The lowest BCUT2D eigenvalue weighted by Crippen LogP contribution is -2.13. The standard InChI is InChI=1S/C25H28I2/c1-3-4-5-19-8-12-22(13-9-19)23-14-10-20(11-15-23)6-7-21-16-24(26)18(2)25(27)17-21/h10-11,14-17,19,22H,3-5,8-9,12-13H2,1-2H3. The van der Waals surface area contributed by atoms with Gasteiger partial charge in [0.1, 0.15) is 0 Å². The second kappa shape index (κ2) is 10.3. The summed E-state index contributed by atoms with van der Waals surface area (Å²) >= 11 is 4.79. The van der Waals surface area contributed by atoms with Gasteiger partial charge in [0, 0.05) is 18.3 Å². The molecule has 0 heterocycles. The number of benzene rings is 2. The van der Waals surface area contributed by atoms with E-state index in [9.17, 15) is 0 Å². The van der Waals surface area contributed by atoms with E-state index in [2.05, 4.69) is 107 Å². The molecule has 0 unspecified atom stereocenters. The molecule has 0 amide bonds. The predicted octanol–water partition coefficient (Wildman–Crippen LogP) is 8.07. The minimum Gasteiger partial charge on any atom is -0.0654 e. The van der Waals surface area contributed by atoms with Crippen molar-refractivity contribution in [3.05, 3.63) is 65.8 Å². The highest BCUT2D eigenvalue weighted by atomic mass is 127. The Bertz CT molecular complexity index is 793. The highest BCUT2D eigenvalue weighted by Gasteiger charge is 2.21. The van der Waals surface area contributed by atoms with E-state index >= 15 is 0 Å². The van der Waals surface area contributed by atoms with Crippen molar-refractivity contribution in [1.82, 2.24) is 0 Å². The van der Waals surface area contributed by atoms with Crippen LogP contribution in [0.5, 0.6) is 0 Å². The van der Waals surface area contributed by atoms with Crippen LogP contribution in [0.1, 0.15) is 80.0 Å². The van der Waals surface area contributed by atoms with Crippen molar-refractivity contribution in [2.75, 3.05) is 0 Å². The summed E-state index contributed by atoms with van der Waals surface area (Å²) in [5.74, 6) is 8.41. The van der Waals surface area contributed by atoms with E-state index in [1.54, 1.807) is 0 Å². The van der Waals surface area contributed by atoms with E-state index in [0.717, 1.165) is 23.0 Å². The number of hydrogen-bond acceptors (Lipinski definition) is 0. The van der Waals surface area contributed by atoms with E-state index in [1.807, 2.05) is 0 Å². The van der Waals surface area contributed by atoms with Gasteiger partial charge in [0.05, 0.1) is 0 Å². The first kappa shape index (κ1) is 21.2. The average molecular weight is 582 g/mol. The lowest BCUT2D eigenvalue weighted by Gasteiger charge is -2.28. The largest absolute Gasteiger partial charge is 0.0654 e. The fourth-order valence-electron chi connectivity index (χ4n) is 3.98.